The summed E-state index contributed by atoms with van der Waals surface area (Å²) in [6, 6.07) is 0. The molecule has 0 aromatic heterocycles. The minimum absolute atomic E-state index is 0.174. The van der Waals surface area contributed by atoms with E-state index < -0.39 is 5.60 Å². The van der Waals surface area contributed by atoms with Gasteiger partial charge in [0, 0.05) is 31.7 Å². The van der Waals surface area contributed by atoms with Gasteiger partial charge in [-0.05, 0) is 46.0 Å². The Kier molecular flexibility index (Phi) is 4.85. The maximum absolute atomic E-state index is 10.0. The zero-order valence-corrected chi connectivity index (χ0v) is 13.1. The Balaban J connectivity index is 2.50. The van der Waals surface area contributed by atoms with E-state index in [1.54, 1.807) is 0 Å². The summed E-state index contributed by atoms with van der Waals surface area (Å²) in [5.74, 6) is 0. The van der Waals surface area contributed by atoms with Gasteiger partial charge in [-0.3, -0.25) is 4.90 Å². The van der Waals surface area contributed by atoms with Crippen molar-refractivity contribution in [1.29, 1.82) is 0 Å². The topological polar surface area (TPSA) is 35.5 Å². The molecule has 0 aromatic carbocycles. The third-order valence-corrected chi connectivity index (χ3v) is 4.04. The van der Waals surface area contributed by atoms with E-state index in [-0.39, 0.29) is 11.0 Å². The highest BCUT2D eigenvalue weighted by Crippen LogP contribution is 2.27. The standard InChI is InChI=1S/C15H32N2O/c1-7-14(5,10-16-13(2,3)4)11-17-9-8-15(6,18)12-17/h16,18H,7-12H2,1-6H3. The van der Waals surface area contributed by atoms with Crippen molar-refractivity contribution in [3.05, 3.63) is 0 Å². The lowest BCUT2D eigenvalue weighted by Gasteiger charge is -2.36. The van der Waals surface area contributed by atoms with Gasteiger partial charge in [-0.2, -0.15) is 0 Å². The molecule has 1 rings (SSSR count). The molecule has 1 heterocycles. The molecule has 1 fully saturated rings. The Morgan fingerprint density at radius 2 is 1.89 bits per heavy atom. The number of nitrogens with zero attached hydrogens (tertiary/aromatic N) is 1. The van der Waals surface area contributed by atoms with Crippen molar-refractivity contribution in [1.82, 2.24) is 10.2 Å². The van der Waals surface area contributed by atoms with Crippen molar-refractivity contribution in [2.24, 2.45) is 5.41 Å². The predicted molar refractivity (Wildman–Crippen MR) is 77.8 cm³/mol. The lowest BCUT2D eigenvalue weighted by molar-refractivity contribution is 0.0608. The fraction of sp³-hybridized carbons (Fsp3) is 1.00. The van der Waals surface area contributed by atoms with Crippen LogP contribution in [0.2, 0.25) is 0 Å². The minimum Gasteiger partial charge on any atom is -0.389 e. The van der Waals surface area contributed by atoms with Gasteiger partial charge in [-0.15, -0.1) is 0 Å². The lowest BCUT2D eigenvalue weighted by atomic mass is 9.86. The van der Waals surface area contributed by atoms with Gasteiger partial charge in [0.2, 0.25) is 0 Å². The van der Waals surface area contributed by atoms with Crippen LogP contribution in [-0.2, 0) is 0 Å². The fourth-order valence-corrected chi connectivity index (χ4v) is 2.48. The molecule has 1 aliphatic heterocycles. The molecule has 3 heteroatoms. The number of hydrogen-bond donors (Lipinski definition) is 2. The van der Waals surface area contributed by atoms with Crippen LogP contribution >= 0.6 is 0 Å². The summed E-state index contributed by atoms with van der Waals surface area (Å²) >= 11 is 0. The van der Waals surface area contributed by atoms with E-state index in [2.05, 4.69) is 44.8 Å². The van der Waals surface area contributed by atoms with Crippen molar-refractivity contribution in [2.75, 3.05) is 26.2 Å². The molecule has 2 unspecified atom stereocenters. The quantitative estimate of drug-likeness (QED) is 0.792. The van der Waals surface area contributed by atoms with Crippen LogP contribution in [0.25, 0.3) is 0 Å². The van der Waals surface area contributed by atoms with Gasteiger partial charge in [-0.1, -0.05) is 13.8 Å². The van der Waals surface area contributed by atoms with Crippen LogP contribution in [0.1, 0.15) is 54.4 Å². The number of aliphatic hydroxyl groups is 1. The Bertz CT molecular complexity index is 270. The number of rotatable bonds is 5. The fourth-order valence-electron chi connectivity index (χ4n) is 2.48. The van der Waals surface area contributed by atoms with Gasteiger partial charge >= 0.3 is 0 Å². The third kappa shape index (κ3) is 5.25. The first-order valence-corrected chi connectivity index (χ1v) is 7.25. The second kappa shape index (κ2) is 5.48. The van der Waals surface area contributed by atoms with Crippen LogP contribution in [-0.4, -0.2) is 47.3 Å². The zero-order chi connectivity index (χ0) is 14.0. The first kappa shape index (κ1) is 15.9. The Labute approximate surface area is 113 Å². The van der Waals surface area contributed by atoms with Gasteiger partial charge in [0.05, 0.1) is 5.60 Å². The van der Waals surface area contributed by atoms with Gasteiger partial charge in [0.15, 0.2) is 0 Å². The molecule has 108 valence electrons. The second-order valence-corrected chi connectivity index (χ2v) is 7.73. The molecule has 0 aliphatic carbocycles. The largest absolute Gasteiger partial charge is 0.389 e. The summed E-state index contributed by atoms with van der Waals surface area (Å²) in [5, 5.41) is 13.7. The maximum atomic E-state index is 10.0. The number of hydrogen-bond acceptors (Lipinski definition) is 3. The van der Waals surface area contributed by atoms with Crippen LogP contribution in [0.15, 0.2) is 0 Å². The molecule has 0 bridgehead atoms. The molecular weight excluding hydrogens is 224 g/mol. The minimum atomic E-state index is -0.480. The average Bonchev–Trinajstić information content (AvgIpc) is 2.54. The molecule has 0 saturated carbocycles. The van der Waals surface area contributed by atoms with Crippen LogP contribution in [0.4, 0.5) is 0 Å². The highest BCUT2D eigenvalue weighted by Gasteiger charge is 2.35. The number of nitrogens with one attached hydrogen (secondary N) is 1. The lowest BCUT2D eigenvalue weighted by Crippen LogP contribution is -2.47. The molecule has 1 aliphatic rings. The van der Waals surface area contributed by atoms with Gasteiger partial charge in [0.25, 0.3) is 0 Å². The monoisotopic (exact) mass is 256 g/mol. The predicted octanol–water partition coefficient (Wildman–Crippen LogP) is 2.25. The van der Waals surface area contributed by atoms with E-state index in [0.717, 1.165) is 39.0 Å². The van der Waals surface area contributed by atoms with E-state index in [9.17, 15) is 5.11 Å². The molecular formula is C15H32N2O. The van der Waals surface area contributed by atoms with E-state index in [4.69, 9.17) is 0 Å². The molecule has 18 heavy (non-hydrogen) atoms. The highest BCUT2D eigenvalue weighted by atomic mass is 16.3. The molecule has 0 aromatic rings. The van der Waals surface area contributed by atoms with Crippen molar-refractivity contribution in [2.45, 2.75) is 65.5 Å². The van der Waals surface area contributed by atoms with Crippen molar-refractivity contribution < 1.29 is 5.11 Å². The van der Waals surface area contributed by atoms with Crippen LogP contribution in [0, 0.1) is 5.41 Å². The molecule has 2 N–H and O–H groups in total. The van der Waals surface area contributed by atoms with E-state index in [0.29, 0.717) is 0 Å². The molecule has 0 amide bonds. The second-order valence-electron chi connectivity index (χ2n) is 7.73. The first-order chi connectivity index (χ1) is 8.05. The average molecular weight is 256 g/mol. The summed E-state index contributed by atoms with van der Waals surface area (Å²) in [7, 11) is 0. The van der Waals surface area contributed by atoms with Gasteiger partial charge in [0.1, 0.15) is 0 Å². The number of β-amino-alcohol motifs (C(OH)–C–C–N with tert-alkyl or cyclic N) is 1. The molecule has 0 spiro atoms. The Morgan fingerprint density at radius 1 is 1.28 bits per heavy atom. The molecule has 1 saturated heterocycles. The first-order valence-electron chi connectivity index (χ1n) is 7.25. The summed E-state index contributed by atoms with van der Waals surface area (Å²) in [6.45, 7) is 17.1. The van der Waals surface area contributed by atoms with Crippen molar-refractivity contribution in [3.63, 3.8) is 0 Å². The van der Waals surface area contributed by atoms with E-state index in [1.165, 1.54) is 0 Å². The molecule has 0 radical (unpaired) electrons. The smallest absolute Gasteiger partial charge is 0.0758 e. The summed E-state index contributed by atoms with van der Waals surface area (Å²) < 4.78 is 0. The third-order valence-electron chi connectivity index (χ3n) is 4.04. The number of likely N-dealkylation sites (tertiary alicyclic amines) is 1. The highest BCUT2D eigenvalue weighted by molar-refractivity contribution is 4.90. The molecule has 3 nitrogen and oxygen atoms in total. The maximum Gasteiger partial charge on any atom is 0.0758 e. The van der Waals surface area contributed by atoms with Crippen molar-refractivity contribution >= 4 is 0 Å². The van der Waals surface area contributed by atoms with Gasteiger partial charge in [-0.25, -0.2) is 0 Å². The SMILES string of the molecule is CCC(C)(CNC(C)(C)C)CN1CCC(C)(O)C1. The van der Waals surface area contributed by atoms with E-state index in [1.807, 2.05) is 6.92 Å². The normalized spacial score (nSPS) is 29.5. The zero-order valence-electron chi connectivity index (χ0n) is 13.1. The van der Waals surface area contributed by atoms with Crippen LogP contribution in [0.5, 0.6) is 0 Å². The summed E-state index contributed by atoms with van der Waals surface area (Å²) in [5.41, 5.74) is -0.0211. The van der Waals surface area contributed by atoms with Crippen LogP contribution < -0.4 is 5.32 Å². The summed E-state index contributed by atoms with van der Waals surface area (Å²) in [4.78, 5) is 2.41. The summed E-state index contributed by atoms with van der Waals surface area (Å²) in [6.07, 6.45) is 2.06. The van der Waals surface area contributed by atoms with Gasteiger partial charge < -0.3 is 10.4 Å². The Morgan fingerprint density at radius 3 is 2.28 bits per heavy atom. The Hall–Kier alpha value is -0.120. The van der Waals surface area contributed by atoms with Crippen LogP contribution in [0.3, 0.4) is 0 Å². The van der Waals surface area contributed by atoms with E-state index >= 15 is 0 Å². The van der Waals surface area contributed by atoms with Crippen molar-refractivity contribution in [3.8, 4) is 0 Å². The molecule has 2 atom stereocenters.